The molecule has 0 saturated carbocycles. The molecule has 0 aromatic heterocycles. The number of carbonyl (C=O) groups excluding carboxylic acids is 1. The molecule has 26 heavy (non-hydrogen) atoms. The van der Waals surface area contributed by atoms with Gasteiger partial charge in [-0.15, -0.1) is 0 Å². The number of hydrogen-bond acceptors (Lipinski definition) is 3. The minimum absolute atomic E-state index is 0.103. The van der Waals surface area contributed by atoms with Gasteiger partial charge in [-0.2, -0.15) is 4.31 Å². The summed E-state index contributed by atoms with van der Waals surface area (Å²) in [6.07, 6.45) is 1.28. The number of anilines is 1. The lowest BCUT2D eigenvalue weighted by Gasteiger charge is -2.20. The van der Waals surface area contributed by atoms with E-state index in [0.29, 0.717) is 0 Å². The first kappa shape index (κ1) is 20.1. The number of benzene rings is 2. The molecule has 0 saturated heterocycles. The zero-order chi connectivity index (χ0) is 19.3. The summed E-state index contributed by atoms with van der Waals surface area (Å²) < 4.78 is 25.5. The normalized spacial score (nSPS) is 11.6. The Morgan fingerprint density at radius 2 is 1.77 bits per heavy atom. The van der Waals surface area contributed by atoms with Crippen LogP contribution >= 0.6 is 0 Å². The summed E-state index contributed by atoms with van der Waals surface area (Å²) in [6, 6.07) is 13.4. The van der Waals surface area contributed by atoms with E-state index in [1.807, 2.05) is 63.2 Å². The molecule has 0 fully saturated rings. The van der Waals surface area contributed by atoms with Crippen molar-refractivity contribution in [1.82, 2.24) is 4.31 Å². The van der Waals surface area contributed by atoms with Crippen molar-refractivity contribution in [2.75, 3.05) is 18.1 Å². The molecule has 1 amide bonds. The van der Waals surface area contributed by atoms with Gasteiger partial charge in [0.15, 0.2) is 0 Å². The summed E-state index contributed by atoms with van der Waals surface area (Å²) in [4.78, 5) is 12.3. The maximum Gasteiger partial charge on any atom is 0.225 e. The van der Waals surface area contributed by atoms with Gasteiger partial charge in [0, 0.05) is 25.2 Å². The molecule has 2 aromatic rings. The Kier molecular flexibility index (Phi) is 6.56. The highest BCUT2D eigenvalue weighted by atomic mass is 32.2. The molecule has 0 radical (unpaired) electrons. The van der Waals surface area contributed by atoms with Gasteiger partial charge in [-0.25, -0.2) is 8.42 Å². The molecular formula is C20H26N2O3S. The number of nitrogens with zero attached hydrogens (tertiary/aromatic N) is 1. The van der Waals surface area contributed by atoms with Crippen molar-refractivity contribution in [1.29, 1.82) is 0 Å². The Morgan fingerprint density at radius 1 is 1.08 bits per heavy atom. The number of rotatable bonds is 7. The lowest BCUT2D eigenvalue weighted by molar-refractivity contribution is -0.116. The van der Waals surface area contributed by atoms with E-state index in [0.717, 1.165) is 27.9 Å². The first-order valence-electron chi connectivity index (χ1n) is 8.53. The van der Waals surface area contributed by atoms with Crippen molar-refractivity contribution in [2.45, 2.75) is 33.7 Å². The summed E-state index contributed by atoms with van der Waals surface area (Å²) in [5.41, 5.74) is 4.86. The van der Waals surface area contributed by atoms with Crippen molar-refractivity contribution < 1.29 is 13.2 Å². The molecule has 2 aromatic carbocycles. The minimum Gasteiger partial charge on any atom is -0.326 e. The third-order valence-electron chi connectivity index (χ3n) is 4.38. The van der Waals surface area contributed by atoms with Crippen LogP contribution in [-0.2, 0) is 21.4 Å². The number of hydrogen-bond donors (Lipinski definition) is 1. The first-order chi connectivity index (χ1) is 12.2. The molecule has 0 bridgehead atoms. The van der Waals surface area contributed by atoms with Gasteiger partial charge in [0.2, 0.25) is 15.9 Å². The molecular weight excluding hydrogens is 348 g/mol. The number of sulfonamides is 1. The molecule has 2 rings (SSSR count). The van der Waals surface area contributed by atoms with E-state index in [-0.39, 0.29) is 25.4 Å². The topological polar surface area (TPSA) is 66.5 Å². The van der Waals surface area contributed by atoms with Crippen LogP contribution in [0.2, 0.25) is 0 Å². The van der Waals surface area contributed by atoms with Gasteiger partial charge in [0.25, 0.3) is 0 Å². The molecule has 5 nitrogen and oxygen atoms in total. The third-order valence-corrected chi connectivity index (χ3v) is 5.63. The predicted octanol–water partition coefficient (Wildman–Crippen LogP) is 3.40. The fraction of sp³-hybridized carbons (Fsp3) is 0.350. The molecule has 0 aliphatic heterocycles. The SMILES string of the molecule is Cc1cccc(CN(CCC(=O)Nc2cccc(C)c2C)S(C)(=O)=O)c1. The highest BCUT2D eigenvalue weighted by molar-refractivity contribution is 7.88. The number of nitrogens with one attached hydrogen (secondary N) is 1. The Hall–Kier alpha value is -2.18. The van der Waals surface area contributed by atoms with Crippen molar-refractivity contribution in [3.05, 3.63) is 64.7 Å². The molecule has 0 aliphatic rings. The summed E-state index contributed by atoms with van der Waals surface area (Å²) in [6.45, 7) is 6.30. The highest BCUT2D eigenvalue weighted by Crippen LogP contribution is 2.18. The van der Waals surface area contributed by atoms with Crippen LogP contribution in [0.15, 0.2) is 42.5 Å². The van der Waals surface area contributed by atoms with Gasteiger partial charge in [-0.05, 0) is 43.5 Å². The zero-order valence-corrected chi connectivity index (χ0v) is 16.6. The van der Waals surface area contributed by atoms with E-state index in [4.69, 9.17) is 0 Å². The summed E-state index contributed by atoms with van der Waals surface area (Å²) >= 11 is 0. The molecule has 0 spiro atoms. The average Bonchev–Trinajstić information content (AvgIpc) is 2.55. The Morgan fingerprint density at radius 3 is 2.42 bits per heavy atom. The van der Waals surface area contributed by atoms with E-state index < -0.39 is 10.0 Å². The summed E-state index contributed by atoms with van der Waals surface area (Å²) in [5.74, 6) is -0.198. The zero-order valence-electron chi connectivity index (χ0n) is 15.7. The number of aryl methyl sites for hydroxylation is 2. The Balaban J connectivity index is 2.03. The maximum absolute atomic E-state index is 12.3. The monoisotopic (exact) mass is 374 g/mol. The number of amides is 1. The van der Waals surface area contributed by atoms with E-state index in [1.54, 1.807) is 0 Å². The van der Waals surface area contributed by atoms with Gasteiger partial charge < -0.3 is 5.32 Å². The Bertz CT molecular complexity index is 892. The van der Waals surface area contributed by atoms with Gasteiger partial charge in [0.05, 0.1) is 6.26 Å². The van der Waals surface area contributed by atoms with E-state index >= 15 is 0 Å². The molecule has 0 aliphatic carbocycles. The summed E-state index contributed by atoms with van der Waals surface area (Å²) in [5, 5.41) is 2.87. The third kappa shape index (κ3) is 5.68. The van der Waals surface area contributed by atoms with E-state index in [9.17, 15) is 13.2 Å². The molecule has 1 N–H and O–H groups in total. The largest absolute Gasteiger partial charge is 0.326 e. The first-order valence-corrected chi connectivity index (χ1v) is 10.4. The molecule has 6 heteroatoms. The predicted molar refractivity (Wildman–Crippen MR) is 106 cm³/mol. The fourth-order valence-corrected chi connectivity index (χ4v) is 3.51. The van der Waals surface area contributed by atoms with Crippen molar-refractivity contribution in [3.63, 3.8) is 0 Å². The average molecular weight is 375 g/mol. The lowest BCUT2D eigenvalue weighted by atomic mass is 10.1. The molecule has 140 valence electrons. The number of carbonyl (C=O) groups is 1. The highest BCUT2D eigenvalue weighted by Gasteiger charge is 2.18. The van der Waals surface area contributed by atoms with Gasteiger partial charge in [-0.1, -0.05) is 42.0 Å². The van der Waals surface area contributed by atoms with E-state index in [1.165, 1.54) is 10.6 Å². The quantitative estimate of drug-likeness (QED) is 0.808. The van der Waals surface area contributed by atoms with Gasteiger partial charge >= 0.3 is 0 Å². The van der Waals surface area contributed by atoms with Gasteiger partial charge in [0.1, 0.15) is 0 Å². The van der Waals surface area contributed by atoms with Crippen LogP contribution in [0.3, 0.4) is 0 Å². The van der Waals surface area contributed by atoms with Crippen molar-refractivity contribution in [3.8, 4) is 0 Å². The van der Waals surface area contributed by atoms with Gasteiger partial charge in [-0.3, -0.25) is 4.79 Å². The minimum atomic E-state index is -3.41. The maximum atomic E-state index is 12.3. The second kappa shape index (κ2) is 8.47. The molecule has 0 atom stereocenters. The molecule has 0 heterocycles. The van der Waals surface area contributed by atoms with Crippen LogP contribution < -0.4 is 5.32 Å². The van der Waals surface area contributed by atoms with Crippen LogP contribution in [0.4, 0.5) is 5.69 Å². The fourth-order valence-electron chi connectivity index (χ4n) is 2.70. The second-order valence-electron chi connectivity index (χ2n) is 6.63. The summed E-state index contributed by atoms with van der Waals surface area (Å²) in [7, 11) is -3.41. The lowest BCUT2D eigenvalue weighted by Crippen LogP contribution is -2.32. The van der Waals surface area contributed by atoms with Crippen LogP contribution in [0.25, 0.3) is 0 Å². The Labute approximate surface area is 156 Å². The van der Waals surface area contributed by atoms with E-state index in [2.05, 4.69) is 5.32 Å². The second-order valence-corrected chi connectivity index (χ2v) is 8.61. The van der Waals surface area contributed by atoms with Crippen molar-refractivity contribution in [2.24, 2.45) is 0 Å². The smallest absolute Gasteiger partial charge is 0.225 e. The standard InChI is InChI=1S/C20H26N2O3S/c1-15-7-5-9-18(13-15)14-22(26(4,24)25)12-11-20(23)21-19-10-6-8-16(2)17(19)3/h5-10,13H,11-12,14H2,1-4H3,(H,21,23). The van der Waals surface area contributed by atoms with Crippen LogP contribution in [-0.4, -0.2) is 31.4 Å². The van der Waals surface area contributed by atoms with Crippen LogP contribution in [0.1, 0.15) is 28.7 Å². The molecule has 0 unspecified atom stereocenters. The van der Waals surface area contributed by atoms with Crippen molar-refractivity contribution >= 4 is 21.6 Å². The van der Waals surface area contributed by atoms with Crippen LogP contribution in [0, 0.1) is 20.8 Å². The van der Waals surface area contributed by atoms with Crippen LogP contribution in [0.5, 0.6) is 0 Å².